The molecule has 6 heteroatoms. The summed E-state index contributed by atoms with van der Waals surface area (Å²) in [6.07, 6.45) is 9.98. The highest BCUT2D eigenvalue weighted by molar-refractivity contribution is 9.10. The summed E-state index contributed by atoms with van der Waals surface area (Å²) < 4.78 is 14.0. The van der Waals surface area contributed by atoms with E-state index >= 15 is 0 Å². The van der Waals surface area contributed by atoms with Gasteiger partial charge in [0.25, 0.3) is 0 Å². The summed E-state index contributed by atoms with van der Waals surface area (Å²) in [6.45, 7) is 0.838. The predicted molar refractivity (Wildman–Crippen MR) is 117 cm³/mol. The lowest BCUT2D eigenvalue weighted by Crippen LogP contribution is -3.00. The Morgan fingerprint density at radius 3 is 2.47 bits per heavy atom. The van der Waals surface area contributed by atoms with Crippen molar-refractivity contribution in [2.75, 3.05) is 14.2 Å². The first-order chi connectivity index (χ1) is 14.1. The van der Waals surface area contributed by atoms with Crippen LogP contribution in [0.25, 0.3) is 0 Å². The third-order valence-corrected chi connectivity index (χ3v) is 5.92. The molecule has 1 unspecified atom stereocenters. The van der Waals surface area contributed by atoms with Gasteiger partial charge in [0.05, 0.1) is 20.6 Å². The van der Waals surface area contributed by atoms with Gasteiger partial charge in [0.1, 0.15) is 6.21 Å². The van der Waals surface area contributed by atoms with E-state index in [9.17, 15) is 4.79 Å². The molecule has 0 N–H and O–H groups in total. The average Bonchev–Trinajstić information content (AvgIpc) is 3.04. The zero-order valence-corrected chi connectivity index (χ0v) is 20.1. The first kappa shape index (κ1) is 22.5. The summed E-state index contributed by atoms with van der Waals surface area (Å²) in [4.78, 5) is 12.9. The molecule has 2 aromatic carbocycles. The van der Waals surface area contributed by atoms with Gasteiger partial charge in [-0.25, -0.2) is 4.58 Å². The lowest BCUT2D eigenvalue weighted by molar-refractivity contribution is -0.471. The standard InChI is InChI=1S/C24H23BrNO3.BrH/c1-28-22-13-18-12-19(24(27)21(18)14-23(22)29-2)11-16-7-9-26(10-8-16)15-17-3-5-20(25)6-4-17;/h3-7,9-11,13-14,19H,8,12,15H2,1-2H3;1H/q+1;/p-1. The molecule has 1 heterocycles. The Balaban J connectivity index is 0.00000256. The summed E-state index contributed by atoms with van der Waals surface area (Å²) in [5.74, 6) is 1.29. The number of hydrogen-bond acceptors (Lipinski definition) is 3. The maximum Gasteiger partial charge on any atom is 0.173 e. The second-order valence-corrected chi connectivity index (χ2v) is 8.20. The van der Waals surface area contributed by atoms with E-state index < -0.39 is 0 Å². The molecule has 0 fully saturated rings. The first-order valence-electron chi connectivity index (χ1n) is 9.59. The molecular weight excluding hydrogens is 510 g/mol. The number of halogens is 2. The maximum atomic E-state index is 12.9. The highest BCUT2D eigenvalue weighted by Gasteiger charge is 2.31. The molecule has 2 aliphatic rings. The maximum absolute atomic E-state index is 12.9. The molecule has 156 valence electrons. The Morgan fingerprint density at radius 1 is 1.13 bits per heavy atom. The second kappa shape index (κ2) is 9.75. The zero-order valence-electron chi connectivity index (χ0n) is 16.9. The molecule has 0 saturated heterocycles. The molecule has 0 radical (unpaired) electrons. The van der Waals surface area contributed by atoms with Gasteiger partial charge in [0, 0.05) is 27.6 Å². The summed E-state index contributed by atoms with van der Waals surface area (Å²) in [6, 6.07) is 12.1. The van der Waals surface area contributed by atoms with Crippen molar-refractivity contribution in [3.8, 4) is 11.5 Å². The van der Waals surface area contributed by atoms with Gasteiger partial charge < -0.3 is 26.5 Å². The van der Waals surface area contributed by atoms with Crippen LogP contribution >= 0.6 is 15.9 Å². The molecule has 30 heavy (non-hydrogen) atoms. The van der Waals surface area contributed by atoms with E-state index in [2.05, 4.69) is 69.3 Å². The van der Waals surface area contributed by atoms with Gasteiger partial charge in [-0.05, 0) is 41.8 Å². The topological polar surface area (TPSA) is 38.5 Å². The third kappa shape index (κ3) is 4.76. The molecule has 0 aromatic heterocycles. The summed E-state index contributed by atoms with van der Waals surface area (Å²) >= 11 is 3.47. The van der Waals surface area contributed by atoms with E-state index in [1.807, 2.05) is 6.07 Å². The van der Waals surface area contributed by atoms with Gasteiger partial charge in [-0.15, -0.1) is 0 Å². The number of nitrogens with zero attached hydrogens (tertiary/aromatic N) is 1. The molecule has 1 aliphatic heterocycles. The lowest BCUT2D eigenvalue weighted by atomic mass is 9.99. The van der Waals surface area contributed by atoms with Crippen LogP contribution in [-0.2, 0) is 13.0 Å². The first-order valence-corrected chi connectivity index (χ1v) is 10.4. The molecule has 0 amide bonds. The molecule has 4 nitrogen and oxygen atoms in total. The summed E-state index contributed by atoms with van der Waals surface area (Å²) in [5.41, 5.74) is 4.19. The van der Waals surface area contributed by atoms with Gasteiger partial charge in [0.2, 0.25) is 0 Å². The monoisotopic (exact) mass is 531 g/mol. The normalized spacial score (nSPS) is 18.6. The fourth-order valence-corrected chi connectivity index (χ4v) is 4.09. The van der Waals surface area contributed by atoms with E-state index in [1.54, 1.807) is 20.3 Å². The van der Waals surface area contributed by atoms with Crippen LogP contribution in [0.2, 0.25) is 0 Å². The molecule has 0 spiro atoms. The Morgan fingerprint density at radius 2 is 1.83 bits per heavy atom. The van der Waals surface area contributed by atoms with Crippen LogP contribution in [0.15, 0.2) is 64.8 Å². The molecule has 2 aromatic rings. The van der Waals surface area contributed by atoms with Crippen LogP contribution in [0.5, 0.6) is 11.5 Å². The van der Waals surface area contributed by atoms with Gasteiger partial charge in [-0.3, -0.25) is 4.79 Å². The number of ketones is 1. The SMILES string of the molecule is COc1cc2c(cc1OC)C(=O)C(C=C1C=C[N+](Cc3ccc(Br)cc3)=CC1)C2.[Br-]. The largest absolute Gasteiger partial charge is 1.00 e. The van der Waals surface area contributed by atoms with E-state index in [1.165, 1.54) is 11.1 Å². The van der Waals surface area contributed by atoms with Crippen molar-refractivity contribution in [1.29, 1.82) is 0 Å². The third-order valence-electron chi connectivity index (χ3n) is 5.39. The number of carbonyl (C=O) groups excluding carboxylic acids is 1. The van der Waals surface area contributed by atoms with Crippen molar-refractivity contribution in [2.24, 2.45) is 5.92 Å². The van der Waals surface area contributed by atoms with Gasteiger partial charge in [-0.2, -0.15) is 0 Å². The van der Waals surface area contributed by atoms with Crippen molar-refractivity contribution in [1.82, 2.24) is 0 Å². The highest BCUT2D eigenvalue weighted by atomic mass is 79.9. The molecule has 1 atom stereocenters. The van der Waals surface area contributed by atoms with Crippen molar-refractivity contribution >= 4 is 27.9 Å². The predicted octanol–water partition coefficient (Wildman–Crippen LogP) is 1.95. The number of allylic oxidation sites excluding steroid dienone is 3. The zero-order chi connectivity index (χ0) is 20.4. The molecule has 4 rings (SSSR count). The molecular formula is C24H23Br2NO3. The number of rotatable bonds is 5. The fraction of sp³-hybridized carbons (Fsp3) is 0.250. The van der Waals surface area contributed by atoms with Crippen LogP contribution in [0.1, 0.15) is 27.9 Å². The Labute approximate surface area is 195 Å². The molecule has 1 aliphatic carbocycles. The average molecular weight is 533 g/mol. The number of Topliss-reactive ketones (excluding diaryl/α,β-unsaturated/α-hetero) is 1. The van der Waals surface area contributed by atoms with Gasteiger partial charge >= 0.3 is 0 Å². The molecule has 0 saturated carbocycles. The minimum absolute atomic E-state index is 0. The Bertz CT molecular complexity index is 1040. The summed E-state index contributed by atoms with van der Waals surface area (Å²) in [5, 5.41) is 0. The van der Waals surface area contributed by atoms with Crippen LogP contribution in [0.4, 0.5) is 0 Å². The van der Waals surface area contributed by atoms with E-state index in [0.29, 0.717) is 17.9 Å². The summed E-state index contributed by atoms with van der Waals surface area (Å²) in [7, 11) is 3.20. The van der Waals surface area contributed by atoms with E-state index in [0.717, 1.165) is 28.6 Å². The van der Waals surface area contributed by atoms with E-state index in [4.69, 9.17) is 9.47 Å². The van der Waals surface area contributed by atoms with Crippen LogP contribution < -0.4 is 26.5 Å². The smallest absolute Gasteiger partial charge is 0.173 e. The number of methoxy groups -OCH3 is 2. The number of fused-ring (bicyclic) bond motifs is 1. The number of benzene rings is 2. The van der Waals surface area contributed by atoms with Crippen LogP contribution in [0.3, 0.4) is 0 Å². The van der Waals surface area contributed by atoms with Gasteiger partial charge in [-0.1, -0.05) is 34.1 Å². The van der Waals surface area contributed by atoms with Crippen molar-refractivity contribution in [3.05, 3.63) is 81.5 Å². The van der Waals surface area contributed by atoms with Crippen molar-refractivity contribution in [3.63, 3.8) is 0 Å². The minimum Gasteiger partial charge on any atom is -1.00 e. The van der Waals surface area contributed by atoms with Crippen LogP contribution in [0, 0.1) is 5.92 Å². The number of carbonyl (C=O) groups is 1. The minimum atomic E-state index is -0.132. The molecule has 0 bridgehead atoms. The Hall–Kier alpha value is -2.18. The lowest BCUT2D eigenvalue weighted by Gasteiger charge is -2.09. The Kier molecular flexibility index (Phi) is 7.32. The van der Waals surface area contributed by atoms with Crippen molar-refractivity contribution in [2.45, 2.75) is 19.4 Å². The van der Waals surface area contributed by atoms with Gasteiger partial charge in [0.15, 0.2) is 30.0 Å². The quantitative estimate of drug-likeness (QED) is 0.552. The number of hydrogen-bond donors (Lipinski definition) is 0. The highest BCUT2D eigenvalue weighted by Crippen LogP contribution is 2.37. The second-order valence-electron chi connectivity index (χ2n) is 7.28. The van der Waals surface area contributed by atoms with Crippen molar-refractivity contribution < 1.29 is 35.8 Å². The van der Waals surface area contributed by atoms with Crippen LogP contribution in [-0.4, -0.2) is 30.8 Å². The fourth-order valence-electron chi connectivity index (χ4n) is 3.83. The number of ether oxygens (including phenoxy) is 2. The van der Waals surface area contributed by atoms with E-state index in [-0.39, 0.29) is 28.7 Å².